The summed E-state index contributed by atoms with van der Waals surface area (Å²) in [6.07, 6.45) is 0.829. The molecule has 2 rings (SSSR count). The van der Waals surface area contributed by atoms with E-state index in [1.165, 1.54) is 0 Å². The molecule has 1 unspecified atom stereocenters. The lowest BCUT2D eigenvalue weighted by Crippen LogP contribution is -2.39. The molecular formula is C11H20N4O2. The van der Waals surface area contributed by atoms with E-state index in [1.54, 1.807) is 0 Å². The molecule has 0 bridgehead atoms. The van der Waals surface area contributed by atoms with E-state index in [-0.39, 0.29) is 6.10 Å². The fraction of sp³-hybridized carbons (Fsp3) is 0.818. The van der Waals surface area contributed by atoms with Crippen molar-refractivity contribution in [2.45, 2.75) is 26.4 Å². The molecule has 1 aromatic heterocycles. The molecule has 1 aliphatic rings. The van der Waals surface area contributed by atoms with Gasteiger partial charge in [-0.2, -0.15) is 4.98 Å². The number of rotatable bonds is 5. The summed E-state index contributed by atoms with van der Waals surface area (Å²) < 4.78 is 10.8. The Bertz CT molecular complexity index is 332. The van der Waals surface area contributed by atoms with Crippen LogP contribution in [0.4, 0.5) is 5.95 Å². The Morgan fingerprint density at radius 1 is 1.41 bits per heavy atom. The van der Waals surface area contributed by atoms with Crippen LogP contribution in [0, 0.1) is 0 Å². The van der Waals surface area contributed by atoms with E-state index in [1.807, 2.05) is 0 Å². The number of anilines is 1. The minimum atomic E-state index is 0.147. The third-order valence-electron chi connectivity index (χ3n) is 2.91. The van der Waals surface area contributed by atoms with Gasteiger partial charge in [0.25, 0.3) is 5.95 Å². The van der Waals surface area contributed by atoms with Gasteiger partial charge in [0.15, 0.2) is 0 Å². The first-order chi connectivity index (χ1) is 8.33. The first-order valence-electron chi connectivity index (χ1n) is 6.23. The second kappa shape index (κ2) is 5.97. The molecule has 17 heavy (non-hydrogen) atoms. The molecule has 1 aromatic rings. The van der Waals surface area contributed by atoms with Crippen molar-refractivity contribution in [3.05, 3.63) is 5.89 Å². The van der Waals surface area contributed by atoms with Crippen LogP contribution in [-0.2, 0) is 11.2 Å². The van der Waals surface area contributed by atoms with E-state index in [4.69, 9.17) is 9.26 Å². The monoisotopic (exact) mass is 240 g/mol. The van der Waals surface area contributed by atoms with Gasteiger partial charge in [-0.25, -0.2) is 0 Å². The van der Waals surface area contributed by atoms with E-state index < -0.39 is 0 Å². The predicted molar refractivity (Wildman–Crippen MR) is 64.2 cm³/mol. The number of aromatic nitrogens is 2. The van der Waals surface area contributed by atoms with Gasteiger partial charge in [0, 0.05) is 26.2 Å². The van der Waals surface area contributed by atoms with Gasteiger partial charge in [-0.15, -0.1) is 0 Å². The van der Waals surface area contributed by atoms with Crippen LogP contribution in [0.15, 0.2) is 4.52 Å². The van der Waals surface area contributed by atoms with Crippen LogP contribution >= 0.6 is 0 Å². The summed E-state index contributed by atoms with van der Waals surface area (Å²) in [4.78, 5) is 6.45. The van der Waals surface area contributed by atoms with E-state index in [0.29, 0.717) is 18.3 Å². The summed E-state index contributed by atoms with van der Waals surface area (Å²) >= 11 is 0. The van der Waals surface area contributed by atoms with Crippen LogP contribution in [0.25, 0.3) is 0 Å². The summed E-state index contributed by atoms with van der Waals surface area (Å²) in [5.41, 5.74) is 0. The Morgan fingerprint density at radius 2 is 2.24 bits per heavy atom. The lowest BCUT2D eigenvalue weighted by molar-refractivity contribution is 0.0246. The highest BCUT2D eigenvalue weighted by molar-refractivity contribution is 5.26. The van der Waals surface area contributed by atoms with E-state index in [9.17, 15) is 0 Å². The topological polar surface area (TPSA) is 63.4 Å². The van der Waals surface area contributed by atoms with Crippen molar-refractivity contribution < 1.29 is 9.26 Å². The largest absolute Gasteiger partial charge is 0.375 e. The van der Waals surface area contributed by atoms with E-state index in [0.717, 1.165) is 32.8 Å². The first-order valence-corrected chi connectivity index (χ1v) is 6.23. The number of hydrogen-bond acceptors (Lipinski definition) is 6. The molecule has 0 aromatic carbocycles. The first kappa shape index (κ1) is 12.3. The number of morpholine rings is 1. The van der Waals surface area contributed by atoms with Crippen LogP contribution in [0.3, 0.4) is 0 Å². The van der Waals surface area contributed by atoms with Crippen molar-refractivity contribution in [1.82, 2.24) is 15.5 Å². The average molecular weight is 240 g/mol. The molecule has 6 nitrogen and oxygen atoms in total. The molecule has 0 spiro atoms. The highest BCUT2D eigenvalue weighted by Gasteiger charge is 2.18. The van der Waals surface area contributed by atoms with Gasteiger partial charge in [-0.05, 0) is 19.0 Å². The van der Waals surface area contributed by atoms with Gasteiger partial charge in [0.05, 0.1) is 19.1 Å². The Hall–Kier alpha value is -1.14. The van der Waals surface area contributed by atoms with Gasteiger partial charge in [-0.3, -0.25) is 0 Å². The van der Waals surface area contributed by atoms with Gasteiger partial charge in [0.1, 0.15) is 0 Å². The van der Waals surface area contributed by atoms with Gasteiger partial charge in [-0.1, -0.05) is 0 Å². The summed E-state index contributed by atoms with van der Waals surface area (Å²) in [5, 5.41) is 7.27. The molecular weight excluding hydrogens is 220 g/mol. The predicted octanol–water partition coefficient (Wildman–Crippen LogP) is 0.447. The fourth-order valence-electron chi connectivity index (χ4n) is 1.91. The number of nitrogens with one attached hydrogen (secondary N) is 1. The second-order valence-corrected chi connectivity index (χ2v) is 4.06. The molecule has 0 aliphatic carbocycles. The van der Waals surface area contributed by atoms with Gasteiger partial charge >= 0.3 is 0 Å². The zero-order chi connectivity index (χ0) is 12.1. The molecule has 1 aliphatic heterocycles. The molecule has 1 fully saturated rings. The zero-order valence-corrected chi connectivity index (χ0v) is 10.5. The summed E-state index contributed by atoms with van der Waals surface area (Å²) in [6.45, 7) is 8.45. The van der Waals surface area contributed by atoms with Crippen LogP contribution in [0.1, 0.15) is 19.7 Å². The third kappa shape index (κ3) is 3.17. The summed E-state index contributed by atoms with van der Waals surface area (Å²) in [7, 11) is 0. The number of hydrogen-bond donors (Lipinski definition) is 1. The lowest BCUT2D eigenvalue weighted by Gasteiger charge is -2.22. The second-order valence-electron chi connectivity index (χ2n) is 4.06. The molecule has 0 saturated carbocycles. The standard InChI is InChI=1S/C11H20N4O2/c1-3-15(4-2)11-13-10(17-14-11)7-9-8-12-5-6-16-9/h9,12H,3-8H2,1-2H3. The van der Waals surface area contributed by atoms with Crippen molar-refractivity contribution in [2.75, 3.05) is 37.7 Å². The zero-order valence-electron chi connectivity index (χ0n) is 10.5. The summed E-state index contributed by atoms with van der Waals surface area (Å²) in [5.74, 6) is 1.33. The van der Waals surface area contributed by atoms with Crippen molar-refractivity contribution in [3.8, 4) is 0 Å². The molecule has 6 heteroatoms. The quantitative estimate of drug-likeness (QED) is 0.806. The molecule has 1 atom stereocenters. The SMILES string of the molecule is CCN(CC)c1noc(CC2CNCCO2)n1. The minimum Gasteiger partial charge on any atom is -0.375 e. The van der Waals surface area contributed by atoms with Crippen LogP contribution in [0.5, 0.6) is 0 Å². The third-order valence-corrected chi connectivity index (χ3v) is 2.91. The van der Waals surface area contributed by atoms with Crippen molar-refractivity contribution in [2.24, 2.45) is 0 Å². The Balaban J connectivity index is 1.93. The molecule has 0 radical (unpaired) electrons. The maximum atomic E-state index is 5.60. The van der Waals surface area contributed by atoms with Crippen LogP contribution < -0.4 is 10.2 Å². The van der Waals surface area contributed by atoms with E-state index >= 15 is 0 Å². The highest BCUT2D eigenvalue weighted by atomic mass is 16.5. The van der Waals surface area contributed by atoms with Crippen molar-refractivity contribution in [3.63, 3.8) is 0 Å². The van der Waals surface area contributed by atoms with Crippen molar-refractivity contribution in [1.29, 1.82) is 0 Å². The summed E-state index contributed by atoms with van der Waals surface area (Å²) in [6, 6.07) is 0. The Morgan fingerprint density at radius 3 is 2.88 bits per heavy atom. The molecule has 2 heterocycles. The molecule has 1 saturated heterocycles. The van der Waals surface area contributed by atoms with Crippen molar-refractivity contribution >= 4 is 5.95 Å². The highest BCUT2D eigenvalue weighted by Crippen LogP contribution is 2.11. The average Bonchev–Trinajstić information content (AvgIpc) is 2.81. The molecule has 1 N–H and O–H groups in total. The van der Waals surface area contributed by atoms with Crippen LogP contribution in [0.2, 0.25) is 0 Å². The number of nitrogens with zero attached hydrogens (tertiary/aromatic N) is 3. The molecule has 96 valence electrons. The smallest absolute Gasteiger partial charge is 0.266 e. The molecule has 0 amide bonds. The van der Waals surface area contributed by atoms with Gasteiger partial charge < -0.3 is 19.5 Å². The van der Waals surface area contributed by atoms with Crippen LogP contribution in [-0.4, -0.2) is 49.0 Å². The minimum absolute atomic E-state index is 0.147. The number of ether oxygens (including phenoxy) is 1. The Kier molecular flexibility index (Phi) is 4.33. The van der Waals surface area contributed by atoms with E-state index in [2.05, 4.69) is 34.2 Å². The maximum absolute atomic E-state index is 5.60. The lowest BCUT2D eigenvalue weighted by atomic mass is 10.2. The maximum Gasteiger partial charge on any atom is 0.266 e. The van der Waals surface area contributed by atoms with Gasteiger partial charge in [0.2, 0.25) is 5.89 Å². The fourth-order valence-corrected chi connectivity index (χ4v) is 1.91. The Labute approximate surface area is 101 Å². The normalized spacial score (nSPS) is 20.5.